The third-order valence-corrected chi connectivity index (χ3v) is 4.56. The second-order valence-electron chi connectivity index (χ2n) is 6.43. The number of aromatic nitrogens is 2. The second-order valence-corrected chi connectivity index (χ2v) is 6.43. The van der Waals surface area contributed by atoms with Crippen LogP contribution in [0.25, 0.3) is 5.69 Å². The van der Waals surface area contributed by atoms with Crippen LogP contribution in [-0.4, -0.2) is 57.5 Å². The van der Waals surface area contributed by atoms with Crippen LogP contribution in [0.5, 0.6) is 0 Å². The fourth-order valence-electron chi connectivity index (χ4n) is 3.14. The number of ether oxygens (including phenoxy) is 1. The summed E-state index contributed by atoms with van der Waals surface area (Å²) >= 11 is 0. The van der Waals surface area contributed by atoms with Crippen molar-refractivity contribution in [3.05, 3.63) is 47.3 Å². The Morgan fingerprint density at radius 3 is 2.79 bits per heavy atom. The molecule has 1 fully saturated rings. The predicted molar refractivity (Wildman–Crippen MR) is 91.2 cm³/mol. The molecule has 1 aliphatic rings. The zero-order valence-corrected chi connectivity index (χ0v) is 14.9. The number of amides is 1. The number of benzene rings is 1. The molecule has 1 aromatic heterocycles. The number of rotatable bonds is 4. The molecule has 1 amide bonds. The zero-order valence-electron chi connectivity index (χ0n) is 14.9. The number of carboxylic acids is 1. The summed E-state index contributed by atoms with van der Waals surface area (Å²) in [6.07, 6.45) is -3.47. The van der Waals surface area contributed by atoms with Gasteiger partial charge in [-0.2, -0.15) is 18.3 Å². The number of halogens is 3. The number of alkyl halides is 3. The molecule has 1 atom stereocenters. The molecule has 0 spiro atoms. The molecule has 150 valence electrons. The third kappa shape index (κ3) is 4.01. The minimum atomic E-state index is -4.49. The molecule has 0 radical (unpaired) electrons. The number of carbonyl (C=O) groups is 2. The van der Waals surface area contributed by atoms with E-state index in [-0.39, 0.29) is 37.4 Å². The van der Waals surface area contributed by atoms with Crippen molar-refractivity contribution < 1.29 is 32.6 Å². The number of aliphatic carboxylic acids is 1. The lowest BCUT2D eigenvalue weighted by Crippen LogP contribution is -2.49. The Morgan fingerprint density at radius 1 is 1.36 bits per heavy atom. The molecule has 10 heteroatoms. The summed E-state index contributed by atoms with van der Waals surface area (Å²) in [7, 11) is 0. The van der Waals surface area contributed by atoms with Crippen LogP contribution in [0.15, 0.2) is 30.5 Å². The van der Waals surface area contributed by atoms with E-state index in [1.54, 1.807) is 6.92 Å². The van der Waals surface area contributed by atoms with E-state index in [9.17, 15) is 22.8 Å². The Kier molecular flexibility index (Phi) is 5.41. The fraction of sp³-hybridized carbons (Fsp3) is 0.389. The average Bonchev–Trinajstić information content (AvgIpc) is 3.02. The zero-order chi connectivity index (χ0) is 20.5. The van der Waals surface area contributed by atoms with E-state index in [1.807, 2.05) is 0 Å². The lowest BCUT2D eigenvalue weighted by atomic mass is 10.1. The molecular weight excluding hydrogens is 379 g/mol. The average molecular weight is 397 g/mol. The third-order valence-electron chi connectivity index (χ3n) is 4.56. The first kappa shape index (κ1) is 19.9. The van der Waals surface area contributed by atoms with Gasteiger partial charge in [-0.1, -0.05) is 6.07 Å². The Labute approximate surface area is 158 Å². The molecule has 1 saturated heterocycles. The number of hydrogen-bond donors (Lipinski definition) is 1. The summed E-state index contributed by atoms with van der Waals surface area (Å²) in [6.45, 7) is 2.19. The van der Waals surface area contributed by atoms with Gasteiger partial charge in [0.1, 0.15) is 0 Å². The van der Waals surface area contributed by atoms with Crippen molar-refractivity contribution in [2.45, 2.75) is 25.6 Å². The van der Waals surface area contributed by atoms with Crippen LogP contribution >= 0.6 is 0 Å². The van der Waals surface area contributed by atoms with Gasteiger partial charge in [-0.25, -0.2) is 4.68 Å². The van der Waals surface area contributed by atoms with E-state index in [4.69, 9.17) is 9.84 Å². The van der Waals surface area contributed by atoms with Gasteiger partial charge in [0.2, 0.25) is 0 Å². The van der Waals surface area contributed by atoms with Crippen molar-refractivity contribution >= 4 is 11.9 Å². The van der Waals surface area contributed by atoms with Crippen molar-refractivity contribution in [1.82, 2.24) is 14.7 Å². The standard InChI is InChI=1S/C18H18F3N3O4/c1-11-15(17(27)23-5-6-28-10-14(23)8-16(25)26)9-22-24(11)13-4-2-3-12(7-13)18(19,20)21/h2-4,7,9,14H,5-6,8,10H2,1H3,(H,25,26). The van der Waals surface area contributed by atoms with E-state index in [0.29, 0.717) is 5.69 Å². The van der Waals surface area contributed by atoms with Crippen molar-refractivity contribution in [2.24, 2.45) is 0 Å². The van der Waals surface area contributed by atoms with Gasteiger partial charge in [0.05, 0.1) is 54.4 Å². The Hall–Kier alpha value is -2.88. The van der Waals surface area contributed by atoms with Crippen LogP contribution < -0.4 is 0 Å². The highest BCUT2D eigenvalue weighted by Gasteiger charge is 2.33. The van der Waals surface area contributed by atoms with Crippen LogP contribution in [0.3, 0.4) is 0 Å². The van der Waals surface area contributed by atoms with Gasteiger partial charge in [-0.3, -0.25) is 9.59 Å². The monoisotopic (exact) mass is 397 g/mol. The van der Waals surface area contributed by atoms with Gasteiger partial charge in [0.15, 0.2) is 0 Å². The topological polar surface area (TPSA) is 84.7 Å². The van der Waals surface area contributed by atoms with Crippen LogP contribution in [-0.2, 0) is 15.7 Å². The Bertz CT molecular complexity index is 894. The predicted octanol–water partition coefficient (Wildman–Crippen LogP) is 2.52. The summed E-state index contributed by atoms with van der Waals surface area (Å²) in [5.74, 6) is -1.48. The maximum absolute atomic E-state index is 13.0. The molecule has 2 heterocycles. The van der Waals surface area contributed by atoms with Crippen molar-refractivity contribution in [1.29, 1.82) is 0 Å². The van der Waals surface area contributed by atoms with Crippen LogP contribution in [0.4, 0.5) is 13.2 Å². The first-order chi connectivity index (χ1) is 13.2. The van der Waals surface area contributed by atoms with Gasteiger partial charge in [-0.15, -0.1) is 0 Å². The van der Waals surface area contributed by atoms with E-state index in [2.05, 4.69) is 5.10 Å². The highest BCUT2D eigenvalue weighted by Crippen LogP contribution is 2.30. The first-order valence-electron chi connectivity index (χ1n) is 8.51. The van der Waals surface area contributed by atoms with Crippen LogP contribution in [0, 0.1) is 6.92 Å². The van der Waals surface area contributed by atoms with Crippen molar-refractivity contribution in [2.75, 3.05) is 19.8 Å². The Morgan fingerprint density at radius 2 is 2.11 bits per heavy atom. The summed E-state index contributed by atoms with van der Waals surface area (Å²) in [4.78, 5) is 25.4. The van der Waals surface area contributed by atoms with Gasteiger partial charge < -0.3 is 14.7 Å². The highest BCUT2D eigenvalue weighted by atomic mass is 19.4. The number of nitrogens with zero attached hydrogens (tertiary/aromatic N) is 3. The second kappa shape index (κ2) is 7.63. The van der Waals surface area contributed by atoms with Gasteiger partial charge in [-0.05, 0) is 25.1 Å². The van der Waals surface area contributed by atoms with Gasteiger partial charge >= 0.3 is 12.1 Å². The van der Waals surface area contributed by atoms with E-state index >= 15 is 0 Å². The molecule has 28 heavy (non-hydrogen) atoms. The quantitative estimate of drug-likeness (QED) is 0.857. The molecule has 0 aliphatic carbocycles. The summed E-state index contributed by atoms with van der Waals surface area (Å²) < 4.78 is 45.4. The smallest absolute Gasteiger partial charge is 0.416 e. The molecule has 7 nitrogen and oxygen atoms in total. The number of hydrogen-bond acceptors (Lipinski definition) is 4. The molecule has 0 saturated carbocycles. The van der Waals surface area contributed by atoms with Crippen LogP contribution in [0.1, 0.15) is 28.0 Å². The largest absolute Gasteiger partial charge is 0.481 e. The van der Waals surface area contributed by atoms with E-state index in [1.165, 1.54) is 27.9 Å². The minimum absolute atomic E-state index is 0.110. The van der Waals surface area contributed by atoms with E-state index in [0.717, 1.165) is 12.1 Å². The van der Waals surface area contributed by atoms with Crippen molar-refractivity contribution in [3.63, 3.8) is 0 Å². The maximum Gasteiger partial charge on any atom is 0.416 e. The normalized spacial score (nSPS) is 17.6. The lowest BCUT2D eigenvalue weighted by Gasteiger charge is -2.34. The maximum atomic E-state index is 13.0. The molecule has 1 N–H and O–H groups in total. The first-order valence-corrected chi connectivity index (χ1v) is 8.51. The van der Waals surface area contributed by atoms with E-state index < -0.39 is 29.7 Å². The fourth-order valence-corrected chi connectivity index (χ4v) is 3.14. The molecular formula is C18H18F3N3O4. The van der Waals surface area contributed by atoms with Gasteiger partial charge in [0, 0.05) is 6.54 Å². The Balaban J connectivity index is 1.90. The molecule has 0 bridgehead atoms. The highest BCUT2D eigenvalue weighted by molar-refractivity contribution is 5.95. The number of carboxylic acid groups (broad SMARTS) is 1. The summed E-state index contributed by atoms with van der Waals surface area (Å²) in [5.41, 5.74) is -0.0718. The van der Waals surface area contributed by atoms with Crippen molar-refractivity contribution in [3.8, 4) is 5.69 Å². The lowest BCUT2D eigenvalue weighted by molar-refractivity contribution is -0.139. The summed E-state index contributed by atoms with van der Waals surface area (Å²) in [6, 6.07) is 4.03. The molecule has 2 aromatic rings. The molecule has 1 aliphatic heterocycles. The number of morpholine rings is 1. The molecule has 1 aromatic carbocycles. The summed E-state index contributed by atoms with van der Waals surface area (Å²) in [5, 5.41) is 13.1. The van der Waals surface area contributed by atoms with Crippen LogP contribution in [0.2, 0.25) is 0 Å². The molecule has 1 unspecified atom stereocenters. The molecule has 3 rings (SSSR count). The minimum Gasteiger partial charge on any atom is -0.481 e. The van der Waals surface area contributed by atoms with Gasteiger partial charge in [0.25, 0.3) is 5.91 Å². The SMILES string of the molecule is Cc1c(C(=O)N2CCOCC2CC(=O)O)cnn1-c1cccc(C(F)(F)F)c1. The number of carbonyl (C=O) groups excluding carboxylic acids is 1.